The van der Waals surface area contributed by atoms with Crippen LogP contribution >= 0.6 is 11.6 Å². The van der Waals surface area contributed by atoms with E-state index in [0.717, 1.165) is 17.7 Å². The minimum Gasteiger partial charge on any atom is -0.489 e. The van der Waals surface area contributed by atoms with E-state index in [1.165, 1.54) is 12.1 Å². The van der Waals surface area contributed by atoms with Crippen molar-refractivity contribution in [3.63, 3.8) is 0 Å². The Morgan fingerprint density at radius 1 is 0.964 bits per heavy atom. The van der Waals surface area contributed by atoms with Crippen molar-refractivity contribution in [2.24, 2.45) is 0 Å². The number of amides is 1. The maximum absolute atomic E-state index is 13.0. The van der Waals surface area contributed by atoms with Gasteiger partial charge in [0.25, 0.3) is 5.91 Å². The molecule has 0 aliphatic carbocycles. The van der Waals surface area contributed by atoms with Gasteiger partial charge in [-0.15, -0.1) is 0 Å². The summed E-state index contributed by atoms with van der Waals surface area (Å²) in [5.41, 5.74) is 0.219. The Morgan fingerprint density at radius 2 is 1.71 bits per heavy atom. The van der Waals surface area contributed by atoms with Crippen LogP contribution in [-0.4, -0.2) is 5.91 Å². The molecule has 0 aromatic heterocycles. The highest BCUT2D eigenvalue weighted by Gasteiger charge is 2.33. The predicted molar refractivity (Wildman–Crippen MR) is 102 cm³/mol. The summed E-state index contributed by atoms with van der Waals surface area (Å²) >= 11 is 5.59. The van der Waals surface area contributed by atoms with Crippen molar-refractivity contribution in [3.05, 3.63) is 94.5 Å². The molecule has 0 fully saturated rings. The lowest BCUT2D eigenvalue weighted by Crippen LogP contribution is -2.13. The Morgan fingerprint density at radius 3 is 2.43 bits per heavy atom. The Kier molecular flexibility index (Phi) is 5.90. The van der Waals surface area contributed by atoms with Gasteiger partial charge in [0, 0.05) is 11.3 Å². The third-order valence-corrected chi connectivity index (χ3v) is 4.20. The van der Waals surface area contributed by atoms with Crippen molar-refractivity contribution in [3.8, 4) is 5.75 Å². The molecule has 7 heteroatoms. The minimum absolute atomic E-state index is 0.00247. The molecule has 0 saturated heterocycles. The average molecular weight is 406 g/mol. The fourth-order valence-electron chi connectivity index (χ4n) is 2.49. The summed E-state index contributed by atoms with van der Waals surface area (Å²) < 4.78 is 44.5. The number of anilines is 1. The van der Waals surface area contributed by atoms with E-state index in [4.69, 9.17) is 16.3 Å². The molecule has 0 saturated carbocycles. The van der Waals surface area contributed by atoms with Crippen molar-refractivity contribution < 1.29 is 22.7 Å². The normalized spacial score (nSPS) is 11.1. The van der Waals surface area contributed by atoms with E-state index < -0.39 is 22.7 Å². The van der Waals surface area contributed by atoms with E-state index in [1.54, 1.807) is 18.2 Å². The molecule has 28 heavy (non-hydrogen) atoms. The number of carbonyl (C=O) groups is 1. The fourth-order valence-corrected chi connectivity index (χ4v) is 2.72. The lowest BCUT2D eigenvalue weighted by molar-refractivity contribution is -0.137. The third kappa shape index (κ3) is 5.04. The van der Waals surface area contributed by atoms with E-state index in [9.17, 15) is 18.0 Å². The molecular formula is C21H15ClF3NO2. The number of alkyl halides is 3. The van der Waals surface area contributed by atoms with Gasteiger partial charge in [-0.25, -0.2) is 0 Å². The summed E-state index contributed by atoms with van der Waals surface area (Å²) in [6.45, 7) is 0.331. The lowest BCUT2D eigenvalue weighted by atomic mass is 10.1. The first-order valence-electron chi connectivity index (χ1n) is 8.28. The van der Waals surface area contributed by atoms with Crippen LogP contribution in [0.4, 0.5) is 18.9 Å². The van der Waals surface area contributed by atoms with Crippen molar-refractivity contribution >= 4 is 23.2 Å². The molecule has 144 valence electrons. The summed E-state index contributed by atoms with van der Waals surface area (Å²) in [7, 11) is 0. The zero-order valence-corrected chi connectivity index (χ0v) is 15.2. The molecule has 0 unspecified atom stereocenters. The Labute approximate surface area is 164 Å². The third-order valence-electron chi connectivity index (χ3n) is 3.87. The molecule has 1 amide bonds. The first kappa shape index (κ1) is 19.8. The van der Waals surface area contributed by atoms with Crippen LogP contribution in [0, 0.1) is 0 Å². The Balaban J connectivity index is 1.71. The van der Waals surface area contributed by atoms with Gasteiger partial charge in [0.2, 0.25) is 0 Å². The number of benzene rings is 3. The van der Waals surface area contributed by atoms with E-state index in [1.807, 2.05) is 30.3 Å². The SMILES string of the molecule is O=C(Nc1ccc(Cl)c(C(F)(F)F)c1)c1cccc(OCc2ccccc2)c1. The van der Waals surface area contributed by atoms with Crippen LogP contribution in [0.15, 0.2) is 72.8 Å². The highest BCUT2D eigenvalue weighted by molar-refractivity contribution is 6.31. The molecule has 0 radical (unpaired) electrons. The van der Waals surface area contributed by atoms with Crippen LogP contribution in [0.2, 0.25) is 5.02 Å². The number of hydrogen-bond donors (Lipinski definition) is 1. The van der Waals surface area contributed by atoms with Crippen molar-refractivity contribution in [1.82, 2.24) is 0 Å². The number of ether oxygens (including phenoxy) is 1. The second kappa shape index (κ2) is 8.35. The Hall–Kier alpha value is -2.99. The summed E-state index contributed by atoms with van der Waals surface area (Å²) in [5, 5.41) is 2.02. The molecule has 3 aromatic carbocycles. The van der Waals surface area contributed by atoms with Gasteiger partial charge in [-0.1, -0.05) is 48.0 Å². The zero-order chi connectivity index (χ0) is 20.1. The van der Waals surface area contributed by atoms with Gasteiger partial charge in [-0.05, 0) is 42.0 Å². The quantitative estimate of drug-likeness (QED) is 0.549. The standard InChI is InChI=1S/C21H15ClF3NO2/c22-19-10-9-16(12-18(19)21(23,24)25)26-20(27)15-7-4-8-17(11-15)28-13-14-5-2-1-3-6-14/h1-12H,13H2,(H,26,27). The van der Waals surface area contributed by atoms with E-state index in [-0.39, 0.29) is 11.3 Å². The van der Waals surface area contributed by atoms with Crippen LogP contribution in [0.1, 0.15) is 21.5 Å². The summed E-state index contributed by atoms with van der Waals surface area (Å²) in [6, 6.07) is 19.1. The van der Waals surface area contributed by atoms with Gasteiger partial charge in [0.05, 0.1) is 10.6 Å². The van der Waals surface area contributed by atoms with Gasteiger partial charge in [-0.3, -0.25) is 4.79 Å². The number of nitrogens with one attached hydrogen (secondary N) is 1. The molecule has 0 aliphatic heterocycles. The van der Waals surface area contributed by atoms with E-state index in [2.05, 4.69) is 5.32 Å². The van der Waals surface area contributed by atoms with Crippen LogP contribution in [0.3, 0.4) is 0 Å². The molecule has 3 rings (SSSR count). The average Bonchev–Trinajstić information content (AvgIpc) is 2.68. The highest BCUT2D eigenvalue weighted by Crippen LogP contribution is 2.36. The van der Waals surface area contributed by atoms with Gasteiger partial charge < -0.3 is 10.1 Å². The summed E-state index contributed by atoms with van der Waals surface area (Å²) in [5.74, 6) is -0.0794. The molecule has 0 aliphatic rings. The largest absolute Gasteiger partial charge is 0.489 e. The number of carbonyl (C=O) groups excluding carboxylic acids is 1. The minimum atomic E-state index is -4.61. The number of halogens is 4. The smallest absolute Gasteiger partial charge is 0.417 e. The monoisotopic (exact) mass is 405 g/mol. The molecule has 0 heterocycles. The van der Waals surface area contributed by atoms with Gasteiger partial charge >= 0.3 is 6.18 Å². The lowest BCUT2D eigenvalue weighted by Gasteiger charge is -2.12. The van der Waals surface area contributed by atoms with Gasteiger partial charge in [0.15, 0.2) is 0 Å². The maximum Gasteiger partial charge on any atom is 0.417 e. The number of hydrogen-bond acceptors (Lipinski definition) is 2. The molecule has 0 spiro atoms. The molecule has 3 nitrogen and oxygen atoms in total. The summed E-state index contributed by atoms with van der Waals surface area (Å²) in [4.78, 5) is 12.4. The topological polar surface area (TPSA) is 38.3 Å². The predicted octanol–water partition coefficient (Wildman–Crippen LogP) is 6.19. The van der Waals surface area contributed by atoms with Crippen molar-refractivity contribution in [2.45, 2.75) is 12.8 Å². The van der Waals surface area contributed by atoms with Crippen LogP contribution in [0.25, 0.3) is 0 Å². The van der Waals surface area contributed by atoms with Crippen molar-refractivity contribution in [2.75, 3.05) is 5.32 Å². The molecule has 0 bridgehead atoms. The Bertz CT molecular complexity index is 975. The van der Waals surface area contributed by atoms with Gasteiger partial charge in [0.1, 0.15) is 12.4 Å². The number of rotatable bonds is 5. The van der Waals surface area contributed by atoms with Gasteiger partial charge in [-0.2, -0.15) is 13.2 Å². The first-order valence-corrected chi connectivity index (χ1v) is 8.65. The summed E-state index contributed by atoms with van der Waals surface area (Å²) in [6.07, 6.45) is -4.61. The van der Waals surface area contributed by atoms with Crippen LogP contribution in [0.5, 0.6) is 5.75 Å². The highest BCUT2D eigenvalue weighted by atomic mass is 35.5. The van der Waals surface area contributed by atoms with E-state index in [0.29, 0.717) is 12.4 Å². The van der Waals surface area contributed by atoms with Crippen molar-refractivity contribution in [1.29, 1.82) is 0 Å². The van der Waals surface area contributed by atoms with Crippen LogP contribution < -0.4 is 10.1 Å². The second-order valence-corrected chi connectivity index (χ2v) is 6.36. The first-order chi connectivity index (χ1) is 13.3. The van der Waals surface area contributed by atoms with E-state index >= 15 is 0 Å². The molecular weight excluding hydrogens is 391 g/mol. The molecule has 3 aromatic rings. The zero-order valence-electron chi connectivity index (χ0n) is 14.5. The molecule has 1 N–H and O–H groups in total. The second-order valence-electron chi connectivity index (χ2n) is 5.95. The maximum atomic E-state index is 13.0. The molecule has 0 atom stereocenters. The fraction of sp³-hybridized carbons (Fsp3) is 0.0952. The van der Waals surface area contributed by atoms with Crippen LogP contribution in [-0.2, 0) is 12.8 Å².